The number of aliphatic hydroxyl groups excluding tert-OH is 1. The van der Waals surface area contributed by atoms with Crippen molar-refractivity contribution in [2.24, 2.45) is 0 Å². The summed E-state index contributed by atoms with van der Waals surface area (Å²) in [4.78, 5) is 40.6. The molecular formula is C29H26FNO7S. The van der Waals surface area contributed by atoms with Crippen molar-refractivity contribution in [1.29, 1.82) is 0 Å². The summed E-state index contributed by atoms with van der Waals surface area (Å²) < 4.78 is 31.2. The number of ether oxygens (including phenoxy) is 3. The Morgan fingerprint density at radius 1 is 0.974 bits per heavy atom. The van der Waals surface area contributed by atoms with E-state index in [1.54, 1.807) is 24.3 Å². The van der Waals surface area contributed by atoms with Crippen LogP contribution in [0.25, 0.3) is 0 Å². The fourth-order valence-corrected chi connectivity index (χ4v) is 5.91. The van der Waals surface area contributed by atoms with Crippen LogP contribution in [0.15, 0.2) is 83.8 Å². The maximum Gasteiger partial charge on any atom is 0.303 e. The second-order valence-electron chi connectivity index (χ2n) is 9.20. The van der Waals surface area contributed by atoms with Gasteiger partial charge in [-0.1, -0.05) is 54.2 Å². The highest BCUT2D eigenvalue weighted by Crippen LogP contribution is 2.40. The molecule has 2 aliphatic rings. The summed E-state index contributed by atoms with van der Waals surface area (Å²) in [6, 6.07) is 20.3. The summed E-state index contributed by atoms with van der Waals surface area (Å²) in [5.74, 6) is -2.30. The first-order valence-corrected chi connectivity index (χ1v) is 13.2. The molecule has 0 saturated carbocycles. The number of benzene rings is 3. The number of hydrogen-bond acceptors (Lipinski definition) is 8. The van der Waals surface area contributed by atoms with Gasteiger partial charge in [0.25, 0.3) is 11.8 Å². The molecule has 0 spiro atoms. The van der Waals surface area contributed by atoms with Gasteiger partial charge in [-0.15, -0.1) is 0 Å². The Kier molecular flexibility index (Phi) is 8.08. The Hall–Kier alpha value is -3.57. The highest BCUT2D eigenvalue weighted by atomic mass is 32.2. The van der Waals surface area contributed by atoms with E-state index in [-0.39, 0.29) is 24.3 Å². The molecule has 5 rings (SSSR count). The van der Waals surface area contributed by atoms with E-state index in [0.717, 1.165) is 22.2 Å². The molecule has 2 aliphatic heterocycles. The molecule has 3 aromatic rings. The zero-order chi connectivity index (χ0) is 27.5. The lowest BCUT2D eigenvalue weighted by molar-refractivity contribution is -0.204. The summed E-state index contributed by atoms with van der Waals surface area (Å²) >= 11 is 1.12. The Morgan fingerprint density at radius 2 is 1.59 bits per heavy atom. The number of carbonyl (C=O) groups is 3. The molecule has 0 radical (unpaired) electrons. The number of amides is 2. The number of hydrogen-bond donors (Lipinski definition) is 1. The van der Waals surface area contributed by atoms with Crippen molar-refractivity contribution in [3.63, 3.8) is 0 Å². The van der Waals surface area contributed by atoms with Crippen molar-refractivity contribution < 1.29 is 38.1 Å². The summed E-state index contributed by atoms with van der Waals surface area (Å²) in [5, 5.41) is 11.3. The molecule has 0 bridgehead atoms. The minimum absolute atomic E-state index is 0.0524. The van der Waals surface area contributed by atoms with Crippen molar-refractivity contribution in [2.45, 2.75) is 48.2 Å². The molecule has 5 atom stereocenters. The van der Waals surface area contributed by atoms with E-state index < -0.39 is 53.4 Å². The molecule has 39 heavy (non-hydrogen) atoms. The second-order valence-corrected chi connectivity index (χ2v) is 10.4. The van der Waals surface area contributed by atoms with E-state index in [1.807, 2.05) is 30.3 Å². The van der Waals surface area contributed by atoms with Gasteiger partial charge >= 0.3 is 5.97 Å². The van der Waals surface area contributed by atoms with Crippen LogP contribution < -0.4 is 0 Å². The summed E-state index contributed by atoms with van der Waals surface area (Å²) in [6.07, 6.45) is -3.67. The van der Waals surface area contributed by atoms with Gasteiger partial charge in [0.2, 0.25) is 0 Å². The molecule has 0 unspecified atom stereocenters. The fraction of sp³-hybridized carbons (Fsp3) is 0.276. The van der Waals surface area contributed by atoms with E-state index in [0.29, 0.717) is 4.90 Å². The summed E-state index contributed by atoms with van der Waals surface area (Å²) in [7, 11) is 0. The molecular weight excluding hydrogens is 525 g/mol. The Balaban J connectivity index is 1.47. The van der Waals surface area contributed by atoms with Crippen LogP contribution in [-0.2, 0) is 25.6 Å². The maximum absolute atomic E-state index is 13.6. The first kappa shape index (κ1) is 27.0. The first-order chi connectivity index (χ1) is 18.8. The Bertz CT molecular complexity index is 1320. The topological polar surface area (TPSA) is 102 Å². The highest BCUT2D eigenvalue weighted by molar-refractivity contribution is 7.99. The molecule has 1 fully saturated rings. The third kappa shape index (κ3) is 5.74. The van der Waals surface area contributed by atoms with Gasteiger partial charge in [-0.05, 0) is 42.0 Å². The minimum atomic E-state index is -1.41. The van der Waals surface area contributed by atoms with Gasteiger partial charge in [-0.25, -0.2) is 4.39 Å². The van der Waals surface area contributed by atoms with Crippen molar-refractivity contribution in [3.05, 3.63) is 101 Å². The van der Waals surface area contributed by atoms with Crippen LogP contribution in [0.1, 0.15) is 33.2 Å². The zero-order valence-corrected chi connectivity index (χ0v) is 21.8. The molecule has 1 N–H and O–H groups in total. The largest absolute Gasteiger partial charge is 0.457 e. The van der Waals surface area contributed by atoms with Crippen LogP contribution in [0, 0.1) is 5.82 Å². The molecule has 202 valence electrons. The summed E-state index contributed by atoms with van der Waals surface area (Å²) in [6.45, 7) is 1.39. The van der Waals surface area contributed by atoms with Gasteiger partial charge in [-0.3, -0.25) is 19.3 Å². The lowest BCUT2D eigenvalue weighted by atomic mass is 9.96. The SMILES string of the molecule is CC(=O)O[C@H]1[C@H](O)[C@@H](COCc2ccccc2)O[C@@H](Sc2ccc(F)cc2)[C@@H]1N1C(=O)c2ccccc2C1=O. The average molecular weight is 552 g/mol. The predicted octanol–water partition coefficient (Wildman–Crippen LogP) is 3.82. The molecule has 10 heteroatoms. The van der Waals surface area contributed by atoms with Gasteiger partial charge in [-0.2, -0.15) is 0 Å². The van der Waals surface area contributed by atoms with E-state index in [2.05, 4.69) is 0 Å². The predicted molar refractivity (Wildman–Crippen MR) is 139 cm³/mol. The zero-order valence-electron chi connectivity index (χ0n) is 20.9. The normalized spacial score (nSPS) is 24.5. The van der Waals surface area contributed by atoms with Gasteiger partial charge in [0.05, 0.1) is 24.3 Å². The van der Waals surface area contributed by atoms with Crippen LogP contribution in [0.2, 0.25) is 0 Å². The average Bonchev–Trinajstić information content (AvgIpc) is 3.18. The lowest BCUT2D eigenvalue weighted by Gasteiger charge is -2.46. The highest BCUT2D eigenvalue weighted by Gasteiger charge is 2.55. The lowest BCUT2D eigenvalue weighted by Crippen LogP contribution is -2.65. The molecule has 2 heterocycles. The quantitative estimate of drug-likeness (QED) is 0.333. The van der Waals surface area contributed by atoms with E-state index in [1.165, 1.54) is 31.2 Å². The van der Waals surface area contributed by atoms with Gasteiger partial charge in [0.1, 0.15) is 29.5 Å². The van der Waals surface area contributed by atoms with E-state index >= 15 is 0 Å². The first-order valence-electron chi connectivity index (χ1n) is 12.3. The van der Waals surface area contributed by atoms with Crippen LogP contribution in [0.4, 0.5) is 4.39 Å². The van der Waals surface area contributed by atoms with Crippen LogP contribution in [0.5, 0.6) is 0 Å². The van der Waals surface area contributed by atoms with Crippen LogP contribution in [0.3, 0.4) is 0 Å². The van der Waals surface area contributed by atoms with E-state index in [9.17, 15) is 23.9 Å². The molecule has 1 saturated heterocycles. The smallest absolute Gasteiger partial charge is 0.303 e. The third-order valence-corrected chi connectivity index (χ3v) is 7.69. The number of carbonyl (C=O) groups excluding carboxylic acids is 3. The number of thioether (sulfide) groups is 1. The van der Waals surface area contributed by atoms with Crippen molar-refractivity contribution in [2.75, 3.05) is 6.61 Å². The molecule has 3 aromatic carbocycles. The fourth-order valence-electron chi connectivity index (χ4n) is 4.73. The molecule has 8 nitrogen and oxygen atoms in total. The molecule has 2 amide bonds. The van der Waals surface area contributed by atoms with Crippen LogP contribution in [-0.4, -0.2) is 64.2 Å². The van der Waals surface area contributed by atoms with Crippen LogP contribution >= 0.6 is 11.8 Å². The molecule has 0 aliphatic carbocycles. The number of nitrogens with zero attached hydrogens (tertiary/aromatic N) is 1. The van der Waals surface area contributed by atoms with Gasteiger partial charge in [0.15, 0.2) is 6.10 Å². The third-order valence-electron chi connectivity index (χ3n) is 6.53. The number of imide groups is 1. The number of fused-ring (bicyclic) bond motifs is 1. The Morgan fingerprint density at radius 3 is 2.21 bits per heavy atom. The standard InChI is InChI=1S/C29H26FNO7S/c1-17(32)37-26-24(31-27(34)21-9-5-6-10-22(21)28(31)35)29(39-20-13-11-19(30)12-14-20)38-23(25(26)33)16-36-15-18-7-3-2-4-8-18/h2-14,23-26,29,33H,15-16H2,1H3/t23-,24-,25-,26-,29+/m1/s1. The monoisotopic (exact) mass is 551 g/mol. The number of esters is 1. The minimum Gasteiger partial charge on any atom is -0.457 e. The van der Waals surface area contributed by atoms with Gasteiger partial charge in [0, 0.05) is 11.8 Å². The number of halogens is 1. The number of rotatable bonds is 8. The van der Waals surface area contributed by atoms with Crippen molar-refractivity contribution >= 4 is 29.5 Å². The number of aliphatic hydroxyl groups is 1. The van der Waals surface area contributed by atoms with E-state index in [4.69, 9.17) is 14.2 Å². The maximum atomic E-state index is 13.6. The Labute approximate surface area is 228 Å². The van der Waals surface area contributed by atoms with Crippen molar-refractivity contribution in [3.8, 4) is 0 Å². The van der Waals surface area contributed by atoms with Crippen molar-refractivity contribution in [1.82, 2.24) is 4.90 Å². The molecule has 0 aromatic heterocycles. The summed E-state index contributed by atoms with van der Waals surface area (Å²) in [5.41, 5.74) is 0.353. The van der Waals surface area contributed by atoms with Gasteiger partial charge < -0.3 is 19.3 Å². The second kappa shape index (κ2) is 11.7.